The summed E-state index contributed by atoms with van der Waals surface area (Å²) in [5, 5.41) is 3.58. The van der Waals surface area contributed by atoms with Crippen molar-refractivity contribution >= 4 is 0 Å². The summed E-state index contributed by atoms with van der Waals surface area (Å²) in [5.74, 6) is 1.68. The van der Waals surface area contributed by atoms with E-state index in [9.17, 15) is 0 Å². The number of aromatic nitrogens is 2. The fourth-order valence-electron chi connectivity index (χ4n) is 2.60. The maximum atomic E-state index is 4.48. The van der Waals surface area contributed by atoms with Crippen LogP contribution in [0.4, 0.5) is 0 Å². The van der Waals surface area contributed by atoms with Crippen LogP contribution in [-0.4, -0.2) is 15.6 Å². The van der Waals surface area contributed by atoms with Crippen molar-refractivity contribution < 1.29 is 0 Å². The van der Waals surface area contributed by atoms with E-state index in [0.29, 0.717) is 5.92 Å². The molecule has 1 saturated carbocycles. The van der Waals surface area contributed by atoms with Gasteiger partial charge in [-0.2, -0.15) is 0 Å². The average molecular weight is 283 g/mol. The van der Waals surface area contributed by atoms with Gasteiger partial charge in [-0.05, 0) is 36.8 Å². The summed E-state index contributed by atoms with van der Waals surface area (Å²) in [5.41, 5.74) is 4.03. The first-order chi connectivity index (χ1) is 10.1. The molecule has 0 saturated heterocycles. The van der Waals surface area contributed by atoms with E-state index in [1.54, 1.807) is 0 Å². The van der Waals surface area contributed by atoms with Crippen molar-refractivity contribution in [3.05, 3.63) is 53.1 Å². The fourth-order valence-corrected chi connectivity index (χ4v) is 2.60. The van der Waals surface area contributed by atoms with E-state index in [1.807, 2.05) is 6.20 Å². The third-order valence-electron chi connectivity index (χ3n) is 4.27. The van der Waals surface area contributed by atoms with E-state index in [2.05, 4.69) is 59.9 Å². The van der Waals surface area contributed by atoms with Gasteiger partial charge in [0.15, 0.2) is 0 Å². The number of hydrogen-bond donors (Lipinski definition) is 1. The Morgan fingerprint density at radius 1 is 1.24 bits per heavy atom. The van der Waals surface area contributed by atoms with E-state index >= 15 is 0 Å². The number of nitrogens with one attached hydrogen (secondary N) is 1. The highest BCUT2D eigenvalue weighted by Crippen LogP contribution is 2.20. The van der Waals surface area contributed by atoms with Gasteiger partial charge in [0, 0.05) is 25.3 Å². The van der Waals surface area contributed by atoms with Gasteiger partial charge in [0.05, 0.1) is 5.69 Å². The molecule has 0 atom stereocenters. The number of nitrogens with zero attached hydrogens (tertiary/aromatic N) is 2. The highest BCUT2D eigenvalue weighted by Gasteiger charge is 2.20. The van der Waals surface area contributed by atoms with Crippen molar-refractivity contribution in [1.29, 1.82) is 0 Å². The zero-order valence-electron chi connectivity index (χ0n) is 13.3. The molecule has 0 spiro atoms. The van der Waals surface area contributed by atoms with Gasteiger partial charge in [-0.15, -0.1) is 0 Å². The zero-order chi connectivity index (χ0) is 14.8. The lowest BCUT2D eigenvalue weighted by Crippen LogP contribution is -2.18. The minimum atomic E-state index is 0.590. The zero-order valence-corrected chi connectivity index (χ0v) is 13.3. The van der Waals surface area contributed by atoms with Crippen LogP contribution in [-0.2, 0) is 13.1 Å². The molecule has 3 nitrogen and oxygen atoms in total. The lowest BCUT2D eigenvalue weighted by molar-refractivity contribution is 0.626. The fraction of sp³-hybridized carbons (Fsp3) is 0.500. The van der Waals surface area contributed by atoms with Gasteiger partial charge in [0.25, 0.3) is 0 Å². The summed E-state index contributed by atoms with van der Waals surface area (Å²) in [6, 6.07) is 9.71. The van der Waals surface area contributed by atoms with Crippen molar-refractivity contribution in [3.63, 3.8) is 0 Å². The summed E-state index contributed by atoms with van der Waals surface area (Å²) in [6.07, 6.45) is 4.65. The molecule has 1 aliphatic rings. The van der Waals surface area contributed by atoms with Gasteiger partial charge in [-0.3, -0.25) is 0 Å². The monoisotopic (exact) mass is 283 g/mol. The van der Waals surface area contributed by atoms with Gasteiger partial charge < -0.3 is 9.88 Å². The maximum absolute atomic E-state index is 4.48. The first-order valence-corrected chi connectivity index (χ1v) is 7.96. The predicted molar refractivity (Wildman–Crippen MR) is 86.5 cm³/mol. The Kier molecular flexibility index (Phi) is 4.11. The molecule has 0 bridgehead atoms. The molecular weight excluding hydrogens is 258 g/mol. The van der Waals surface area contributed by atoms with Crippen molar-refractivity contribution in [3.8, 4) is 0 Å². The Balaban J connectivity index is 1.72. The molecule has 112 valence electrons. The summed E-state index contributed by atoms with van der Waals surface area (Å²) < 4.78 is 2.32. The second-order valence-corrected chi connectivity index (χ2v) is 6.43. The number of rotatable bonds is 6. The second kappa shape index (κ2) is 6.02. The Hall–Kier alpha value is -1.61. The Morgan fingerprint density at radius 2 is 1.95 bits per heavy atom. The van der Waals surface area contributed by atoms with Gasteiger partial charge in [0.1, 0.15) is 5.82 Å². The highest BCUT2D eigenvalue weighted by atomic mass is 15.1. The SMILES string of the molecule is Cc1ncc(CNC2CC2)n1Cc1ccc(C(C)C)cc1. The molecule has 21 heavy (non-hydrogen) atoms. The predicted octanol–water partition coefficient (Wildman–Crippen LogP) is 3.62. The largest absolute Gasteiger partial charge is 0.327 e. The van der Waals surface area contributed by atoms with Crippen LogP contribution in [0.25, 0.3) is 0 Å². The molecule has 1 heterocycles. The molecule has 1 aromatic carbocycles. The smallest absolute Gasteiger partial charge is 0.106 e. The molecule has 3 heteroatoms. The lowest BCUT2D eigenvalue weighted by Gasteiger charge is -2.12. The second-order valence-electron chi connectivity index (χ2n) is 6.43. The molecule has 0 unspecified atom stereocenters. The molecule has 1 fully saturated rings. The van der Waals surface area contributed by atoms with E-state index < -0.39 is 0 Å². The Morgan fingerprint density at radius 3 is 2.57 bits per heavy atom. The topological polar surface area (TPSA) is 29.9 Å². The summed E-state index contributed by atoms with van der Waals surface area (Å²) in [6.45, 7) is 8.39. The van der Waals surface area contributed by atoms with Crippen LogP contribution in [0.5, 0.6) is 0 Å². The van der Waals surface area contributed by atoms with Gasteiger partial charge >= 0.3 is 0 Å². The molecule has 1 N–H and O–H groups in total. The third-order valence-corrected chi connectivity index (χ3v) is 4.27. The molecule has 1 aromatic heterocycles. The van der Waals surface area contributed by atoms with Crippen LogP contribution in [0.1, 0.15) is 55.3 Å². The molecule has 3 rings (SSSR count). The van der Waals surface area contributed by atoms with E-state index in [-0.39, 0.29) is 0 Å². The summed E-state index contributed by atoms with van der Waals surface area (Å²) >= 11 is 0. The summed E-state index contributed by atoms with van der Waals surface area (Å²) in [7, 11) is 0. The standard InChI is InChI=1S/C18H25N3/c1-13(2)16-6-4-15(5-7-16)12-21-14(3)19-10-18(21)11-20-17-8-9-17/h4-7,10,13,17,20H,8-9,11-12H2,1-3H3. The van der Waals surface area contributed by atoms with Crippen LogP contribution in [0.15, 0.2) is 30.5 Å². The number of hydrogen-bond acceptors (Lipinski definition) is 2. The summed E-state index contributed by atoms with van der Waals surface area (Å²) in [4.78, 5) is 4.48. The lowest BCUT2D eigenvalue weighted by atomic mass is 10.0. The van der Waals surface area contributed by atoms with Gasteiger partial charge in [-0.1, -0.05) is 38.1 Å². The van der Waals surface area contributed by atoms with Crippen LogP contribution in [0.3, 0.4) is 0 Å². The minimum Gasteiger partial charge on any atom is -0.327 e. The van der Waals surface area contributed by atoms with Gasteiger partial charge in [-0.25, -0.2) is 4.98 Å². The highest BCUT2D eigenvalue weighted by molar-refractivity contribution is 5.25. The number of aryl methyl sites for hydroxylation is 1. The maximum Gasteiger partial charge on any atom is 0.106 e. The van der Waals surface area contributed by atoms with Crippen LogP contribution < -0.4 is 5.32 Å². The third kappa shape index (κ3) is 3.53. The first-order valence-electron chi connectivity index (χ1n) is 7.96. The van der Waals surface area contributed by atoms with Crippen molar-refractivity contribution in [2.75, 3.05) is 0 Å². The van der Waals surface area contributed by atoms with Crippen LogP contribution in [0.2, 0.25) is 0 Å². The molecule has 1 aliphatic carbocycles. The van der Waals surface area contributed by atoms with E-state index in [4.69, 9.17) is 0 Å². The Bertz CT molecular complexity index is 591. The number of imidazole rings is 1. The molecular formula is C18H25N3. The van der Waals surface area contributed by atoms with Crippen LogP contribution in [0, 0.1) is 6.92 Å². The van der Waals surface area contributed by atoms with Crippen molar-refractivity contribution in [1.82, 2.24) is 14.9 Å². The molecule has 0 radical (unpaired) electrons. The van der Waals surface area contributed by atoms with E-state index in [1.165, 1.54) is 29.7 Å². The molecule has 0 aliphatic heterocycles. The Labute approximate surface area is 127 Å². The van der Waals surface area contributed by atoms with Crippen molar-refractivity contribution in [2.24, 2.45) is 0 Å². The minimum absolute atomic E-state index is 0.590. The first kappa shape index (κ1) is 14.3. The molecule has 2 aromatic rings. The molecule has 0 amide bonds. The number of benzene rings is 1. The van der Waals surface area contributed by atoms with E-state index in [0.717, 1.165) is 25.0 Å². The van der Waals surface area contributed by atoms with Crippen molar-refractivity contribution in [2.45, 2.75) is 58.7 Å². The van der Waals surface area contributed by atoms with Gasteiger partial charge in [0.2, 0.25) is 0 Å². The normalized spacial score (nSPS) is 14.9. The van der Waals surface area contributed by atoms with Crippen LogP contribution >= 0.6 is 0 Å². The average Bonchev–Trinajstić information content (AvgIpc) is 3.24. The quantitative estimate of drug-likeness (QED) is 0.877.